The zero-order valence-corrected chi connectivity index (χ0v) is 11.9. The summed E-state index contributed by atoms with van der Waals surface area (Å²) in [6.45, 7) is 3.36. The molecular formula is C12H17ClN2O2S. The summed E-state index contributed by atoms with van der Waals surface area (Å²) in [4.78, 5) is 0. The Morgan fingerprint density at radius 3 is 2.78 bits per heavy atom. The van der Waals surface area contributed by atoms with Crippen LogP contribution in [0.3, 0.4) is 0 Å². The van der Waals surface area contributed by atoms with E-state index in [9.17, 15) is 8.42 Å². The van der Waals surface area contributed by atoms with Gasteiger partial charge in [-0.3, -0.25) is 4.72 Å². The molecule has 0 unspecified atom stereocenters. The quantitative estimate of drug-likeness (QED) is 0.891. The molecule has 0 aliphatic carbocycles. The summed E-state index contributed by atoms with van der Waals surface area (Å²) in [5, 5.41) is 3.76. The number of benzene rings is 1. The summed E-state index contributed by atoms with van der Waals surface area (Å²) >= 11 is 6.13. The lowest BCUT2D eigenvalue weighted by Crippen LogP contribution is -2.18. The highest BCUT2D eigenvalue weighted by Crippen LogP contribution is 2.31. The van der Waals surface area contributed by atoms with E-state index in [1.54, 1.807) is 13.0 Å². The predicted molar refractivity (Wildman–Crippen MR) is 74.8 cm³/mol. The molecule has 2 rings (SSSR count). The first kappa shape index (κ1) is 13.6. The van der Waals surface area contributed by atoms with Gasteiger partial charge in [0.2, 0.25) is 10.0 Å². The van der Waals surface area contributed by atoms with Crippen LogP contribution in [0.25, 0.3) is 0 Å². The number of hydrogen-bond donors (Lipinski definition) is 2. The van der Waals surface area contributed by atoms with Crippen LogP contribution in [0, 0.1) is 0 Å². The third-order valence-corrected chi connectivity index (χ3v) is 4.71. The first-order valence-electron chi connectivity index (χ1n) is 6.05. The largest absolute Gasteiger partial charge is 0.316 e. The number of hydrogen-bond acceptors (Lipinski definition) is 3. The van der Waals surface area contributed by atoms with E-state index in [4.69, 9.17) is 11.6 Å². The van der Waals surface area contributed by atoms with Crippen molar-refractivity contribution in [2.24, 2.45) is 0 Å². The van der Waals surface area contributed by atoms with Gasteiger partial charge in [0.05, 0.1) is 16.5 Å². The monoisotopic (exact) mass is 288 g/mol. The Hall–Kier alpha value is -0.780. The number of fused-ring (bicyclic) bond motifs is 1. The van der Waals surface area contributed by atoms with Crippen LogP contribution in [0.15, 0.2) is 12.1 Å². The molecule has 6 heteroatoms. The van der Waals surface area contributed by atoms with Gasteiger partial charge in [-0.25, -0.2) is 8.42 Å². The Balaban J connectivity index is 2.45. The molecule has 0 aromatic heterocycles. The summed E-state index contributed by atoms with van der Waals surface area (Å²) in [6.07, 6.45) is 1.69. The number of sulfonamides is 1. The van der Waals surface area contributed by atoms with Gasteiger partial charge >= 0.3 is 0 Å². The molecule has 0 saturated carbocycles. The van der Waals surface area contributed by atoms with Crippen molar-refractivity contribution >= 4 is 27.3 Å². The molecule has 0 spiro atoms. The molecule has 0 amide bonds. The van der Waals surface area contributed by atoms with Gasteiger partial charge in [0.25, 0.3) is 0 Å². The van der Waals surface area contributed by atoms with Gasteiger partial charge in [-0.2, -0.15) is 0 Å². The number of rotatable bonds is 3. The molecule has 1 heterocycles. The Bertz CT molecular complexity index is 543. The van der Waals surface area contributed by atoms with Crippen LogP contribution in [0.1, 0.15) is 18.1 Å². The van der Waals surface area contributed by atoms with Crippen molar-refractivity contribution < 1.29 is 8.42 Å². The highest BCUT2D eigenvalue weighted by molar-refractivity contribution is 7.92. The molecule has 100 valence electrons. The van der Waals surface area contributed by atoms with E-state index in [0.717, 1.165) is 31.5 Å². The average molecular weight is 289 g/mol. The second kappa shape index (κ2) is 5.47. The van der Waals surface area contributed by atoms with Crippen LogP contribution in [0.5, 0.6) is 0 Å². The van der Waals surface area contributed by atoms with E-state index in [0.29, 0.717) is 10.7 Å². The molecule has 4 nitrogen and oxygen atoms in total. The van der Waals surface area contributed by atoms with Crippen LogP contribution in [0.2, 0.25) is 5.02 Å². The van der Waals surface area contributed by atoms with E-state index in [-0.39, 0.29) is 5.75 Å². The lowest BCUT2D eigenvalue weighted by molar-refractivity contribution is 0.602. The molecule has 0 atom stereocenters. The van der Waals surface area contributed by atoms with Gasteiger partial charge in [-0.05, 0) is 50.0 Å². The first-order chi connectivity index (χ1) is 8.53. The third kappa shape index (κ3) is 2.96. The van der Waals surface area contributed by atoms with Crippen LogP contribution in [0.4, 0.5) is 5.69 Å². The van der Waals surface area contributed by atoms with Gasteiger partial charge < -0.3 is 5.32 Å². The standard InChI is InChI=1S/C12H17ClN2O2S/c1-2-18(16,17)15-12-10-6-8-14-7-5-9(10)3-4-11(12)13/h3-4,14-15H,2,5-8H2,1H3. The Labute approximate surface area is 113 Å². The maximum atomic E-state index is 11.7. The SMILES string of the molecule is CCS(=O)(=O)Nc1c(Cl)ccc2c1CCNCC2. The van der Waals surface area contributed by atoms with E-state index in [2.05, 4.69) is 10.0 Å². The average Bonchev–Trinajstić information content (AvgIpc) is 2.58. The van der Waals surface area contributed by atoms with Crippen LogP contribution >= 0.6 is 11.6 Å². The van der Waals surface area contributed by atoms with Gasteiger partial charge in [0, 0.05) is 0 Å². The van der Waals surface area contributed by atoms with E-state index < -0.39 is 10.0 Å². The van der Waals surface area contributed by atoms with Crippen molar-refractivity contribution in [3.8, 4) is 0 Å². The van der Waals surface area contributed by atoms with E-state index in [1.807, 2.05) is 6.07 Å². The number of anilines is 1. The summed E-state index contributed by atoms with van der Waals surface area (Å²) in [6, 6.07) is 3.74. The summed E-state index contributed by atoms with van der Waals surface area (Å²) in [5.41, 5.74) is 2.74. The normalized spacial score (nSPS) is 15.9. The summed E-state index contributed by atoms with van der Waals surface area (Å²) < 4.78 is 26.0. The molecule has 1 aliphatic heterocycles. The molecule has 2 N–H and O–H groups in total. The zero-order valence-electron chi connectivity index (χ0n) is 10.3. The smallest absolute Gasteiger partial charge is 0.232 e. The second-order valence-corrected chi connectivity index (χ2v) is 6.73. The Morgan fingerprint density at radius 1 is 1.33 bits per heavy atom. The van der Waals surface area contributed by atoms with Crippen molar-refractivity contribution in [3.63, 3.8) is 0 Å². The molecule has 18 heavy (non-hydrogen) atoms. The molecule has 1 aromatic carbocycles. The third-order valence-electron chi connectivity index (χ3n) is 3.12. The molecule has 0 saturated heterocycles. The van der Waals surface area contributed by atoms with Gasteiger partial charge in [0.1, 0.15) is 0 Å². The molecule has 1 aromatic rings. The molecular weight excluding hydrogens is 272 g/mol. The van der Waals surface area contributed by atoms with Crippen LogP contribution < -0.4 is 10.0 Å². The molecule has 0 bridgehead atoms. The van der Waals surface area contributed by atoms with Crippen molar-refractivity contribution in [2.75, 3.05) is 23.6 Å². The highest BCUT2D eigenvalue weighted by Gasteiger charge is 2.18. The maximum absolute atomic E-state index is 11.7. The predicted octanol–water partition coefficient (Wildman–Crippen LogP) is 1.79. The minimum absolute atomic E-state index is 0.0469. The van der Waals surface area contributed by atoms with Crippen molar-refractivity contribution in [3.05, 3.63) is 28.3 Å². The first-order valence-corrected chi connectivity index (χ1v) is 8.08. The van der Waals surface area contributed by atoms with Crippen LogP contribution in [-0.2, 0) is 22.9 Å². The fraction of sp³-hybridized carbons (Fsp3) is 0.500. The second-order valence-electron chi connectivity index (χ2n) is 4.32. The topological polar surface area (TPSA) is 58.2 Å². The van der Waals surface area contributed by atoms with E-state index in [1.165, 1.54) is 5.56 Å². The Morgan fingerprint density at radius 2 is 2.06 bits per heavy atom. The Kier molecular flexibility index (Phi) is 4.14. The van der Waals surface area contributed by atoms with Crippen LogP contribution in [-0.4, -0.2) is 27.3 Å². The van der Waals surface area contributed by atoms with Crippen molar-refractivity contribution in [1.29, 1.82) is 0 Å². The lowest BCUT2D eigenvalue weighted by Gasteiger charge is -2.15. The highest BCUT2D eigenvalue weighted by atomic mass is 35.5. The van der Waals surface area contributed by atoms with Crippen molar-refractivity contribution in [1.82, 2.24) is 5.32 Å². The summed E-state index contributed by atoms with van der Waals surface area (Å²) in [7, 11) is -3.30. The summed E-state index contributed by atoms with van der Waals surface area (Å²) in [5.74, 6) is 0.0469. The maximum Gasteiger partial charge on any atom is 0.232 e. The van der Waals surface area contributed by atoms with Gasteiger partial charge in [-0.15, -0.1) is 0 Å². The molecule has 1 aliphatic rings. The van der Waals surface area contributed by atoms with E-state index >= 15 is 0 Å². The zero-order chi connectivity index (χ0) is 13.2. The minimum atomic E-state index is -3.30. The minimum Gasteiger partial charge on any atom is -0.316 e. The lowest BCUT2D eigenvalue weighted by atomic mass is 10.0. The fourth-order valence-corrected chi connectivity index (χ4v) is 3.05. The molecule has 0 fully saturated rings. The van der Waals surface area contributed by atoms with Gasteiger partial charge in [-0.1, -0.05) is 17.7 Å². The van der Waals surface area contributed by atoms with Crippen molar-refractivity contribution in [2.45, 2.75) is 19.8 Å². The fourth-order valence-electron chi connectivity index (χ4n) is 2.08. The number of nitrogens with one attached hydrogen (secondary N) is 2. The number of halogens is 1. The molecule has 0 radical (unpaired) electrons. The van der Waals surface area contributed by atoms with Gasteiger partial charge in [0.15, 0.2) is 0 Å².